The number of piperidine rings is 1. The summed E-state index contributed by atoms with van der Waals surface area (Å²) in [4.78, 5) is 19.1. The summed E-state index contributed by atoms with van der Waals surface area (Å²) in [5.74, 6) is 0.215. The number of fused-ring (bicyclic) bond motifs is 3. The lowest BCUT2D eigenvalue weighted by molar-refractivity contribution is -0.0901. The summed E-state index contributed by atoms with van der Waals surface area (Å²) in [5, 5.41) is 1.06. The largest absolute Gasteiger partial charge is 0.358 e. The van der Waals surface area contributed by atoms with Crippen LogP contribution in [0.3, 0.4) is 0 Å². The Bertz CT molecular complexity index is 809. The molecule has 3 heteroatoms. The minimum absolute atomic E-state index is 0. The van der Waals surface area contributed by atoms with Gasteiger partial charge >= 0.3 is 0 Å². The lowest BCUT2D eigenvalue weighted by Gasteiger charge is -2.60. The van der Waals surface area contributed by atoms with E-state index in [0.29, 0.717) is 11.5 Å². The molecule has 1 aromatic heterocycles. The highest BCUT2D eigenvalue weighted by Crippen LogP contribution is 2.56. The maximum Gasteiger partial charge on any atom is 0.256 e. The summed E-state index contributed by atoms with van der Waals surface area (Å²) in [7, 11) is 0. The van der Waals surface area contributed by atoms with Crippen LogP contribution in [0, 0.1) is 17.8 Å². The van der Waals surface area contributed by atoms with E-state index < -0.39 is 0 Å². The second kappa shape index (κ2) is 5.11. The number of aromatic nitrogens is 1. The Morgan fingerprint density at radius 1 is 1.25 bits per heavy atom. The molecule has 3 nitrogen and oxygen atoms in total. The highest BCUT2D eigenvalue weighted by atomic mass is 16.2. The smallest absolute Gasteiger partial charge is 0.256 e. The first-order chi connectivity index (χ1) is 11.3. The van der Waals surface area contributed by atoms with E-state index in [1.54, 1.807) is 0 Å². The molecule has 1 aliphatic heterocycles. The van der Waals surface area contributed by atoms with Gasteiger partial charge in [-0.05, 0) is 43.1 Å². The summed E-state index contributed by atoms with van der Waals surface area (Å²) in [6.07, 6.45) is 4.78. The van der Waals surface area contributed by atoms with Gasteiger partial charge in [0.25, 0.3) is 5.91 Å². The molecule has 0 radical (unpaired) electrons. The van der Waals surface area contributed by atoms with Crippen LogP contribution >= 0.6 is 0 Å². The Kier molecular flexibility index (Phi) is 3.35. The third kappa shape index (κ3) is 2.00. The number of para-hydroxylation sites is 1. The van der Waals surface area contributed by atoms with Gasteiger partial charge in [-0.3, -0.25) is 4.79 Å². The van der Waals surface area contributed by atoms with E-state index in [2.05, 4.69) is 42.8 Å². The number of aromatic amines is 1. The average Bonchev–Trinajstić information content (AvgIpc) is 2.84. The quantitative estimate of drug-likeness (QED) is 0.772. The van der Waals surface area contributed by atoms with Crippen molar-refractivity contribution in [1.82, 2.24) is 9.88 Å². The monoisotopic (exact) mass is 326 g/mol. The topological polar surface area (TPSA) is 36.1 Å². The lowest BCUT2D eigenvalue weighted by Crippen LogP contribution is -2.62. The molecular weight excluding hydrogens is 296 g/mol. The number of hydrogen-bond donors (Lipinski definition) is 1. The molecule has 24 heavy (non-hydrogen) atoms. The first kappa shape index (κ1) is 15.7. The van der Waals surface area contributed by atoms with E-state index in [1.807, 2.05) is 19.1 Å². The molecule has 4 rings (SSSR count). The number of rotatable bonds is 1. The Balaban J connectivity index is 0.00000182. The zero-order chi connectivity index (χ0) is 17.1. The van der Waals surface area contributed by atoms with Gasteiger partial charge in [-0.25, -0.2) is 0 Å². The predicted octanol–water partition coefficient (Wildman–Crippen LogP) is 5.15. The van der Waals surface area contributed by atoms with Gasteiger partial charge in [-0.15, -0.1) is 0 Å². The van der Waals surface area contributed by atoms with Crippen LogP contribution in [0.5, 0.6) is 0 Å². The third-order valence-corrected chi connectivity index (χ3v) is 7.24. The van der Waals surface area contributed by atoms with Crippen molar-refractivity contribution in [1.29, 1.82) is 0 Å². The second-order valence-electron chi connectivity index (χ2n) is 8.61. The van der Waals surface area contributed by atoms with Crippen LogP contribution in [0.25, 0.3) is 10.9 Å². The van der Waals surface area contributed by atoms with Gasteiger partial charge in [-0.2, -0.15) is 0 Å². The van der Waals surface area contributed by atoms with Crippen LogP contribution in [0.15, 0.2) is 24.3 Å². The average molecular weight is 326 g/mol. The van der Waals surface area contributed by atoms with E-state index in [9.17, 15) is 4.79 Å². The molecule has 2 bridgehead atoms. The van der Waals surface area contributed by atoms with E-state index >= 15 is 0 Å². The normalized spacial score (nSPS) is 29.0. The molecule has 2 aromatic rings. The molecule has 1 aliphatic carbocycles. The van der Waals surface area contributed by atoms with Crippen LogP contribution < -0.4 is 0 Å². The molecule has 2 aliphatic rings. The number of aryl methyl sites for hydroxylation is 1. The molecular formula is C21H30N2O. The lowest BCUT2D eigenvalue weighted by atomic mass is 9.53. The van der Waals surface area contributed by atoms with E-state index in [0.717, 1.165) is 41.5 Å². The van der Waals surface area contributed by atoms with Gasteiger partial charge in [-0.1, -0.05) is 45.4 Å². The molecule has 1 saturated heterocycles. The maximum absolute atomic E-state index is 13.5. The van der Waals surface area contributed by atoms with Crippen LogP contribution in [0.2, 0.25) is 0 Å². The Hall–Kier alpha value is -1.77. The molecule has 0 spiro atoms. The predicted molar refractivity (Wildman–Crippen MR) is 100 cm³/mol. The molecule has 130 valence electrons. The summed E-state index contributed by atoms with van der Waals surface area (Å²) < 4.78 is 0. The van der Waals surface area contributed by atoms with Crippen LogP contribution in [0.1, 0.15) is 63.9 Å². The Labute approximate surface area is 145 Å². The van der Waals surface area contributed by atoms with E-state index in [-0.39, 0.29) is 12.7 Å². The van der Waals surface area contributed by atoms with Gasteiger partial charge in [0, 0.05) is 30.6 Å². The van der Waals surface area contributed by atoms with Gasteiger partial charge in [0.05, 0.1) is 5.56 Å². The molecule has 2 atom stereocenters. The fourth-order valence-electron chi connectivity index (χ4n) is 5.23. The van der Waals surface area contributed by atoms with Crippen molar-refractivity contribution in [2.75, 3.05) is 6.54 Å². The molecule has 2 fully saturated rings. The number of nitrogens with zero attached hydrogens (tertiary/aromatic N) is 1. The van der Waals surface area contributed by atoms with Crippen molar-refractivity contribution >= 4 is 16.8 Å². The SMILES string of the molecule is Cc1[nH]c2ccccc2c1C(=O)N1CC[C@@]2(C)CCC[C@@H]1C2(C)C.[HH]. The van der Waals surface area contributed by atoms with Crippen molar-refractivity contribution in [2.45, 2.75) is 59.4 Å². The molecule has 1 aromatic carbocycles. The van der Waals surface area contributed by atoms with Gasteiger partial charge in [0.1, 0.15) is 0 Å². The number of benzene rings is 1. The zero-order valence-electron chi connectivity index (χ0n) is 15.3. The number of carbonyl (C=O) groups excluding carboxylic acids is 1. The summed E-state index contributed by atoms with van der Waals surface area (Å²) >= 11 is 0. The molecule has 1 saturated carbocycles. The van der Waals surface area contributed by atoms with Crippen LogP contribution in [0.4, 0.5) is 0 Å². The summed E-state index contributed by atoms with van der Waals surface area (Å²) in [6.45, 7) is 10.1. The number of nitrogens with one attached hydrogen (secondary N) is 1. The Morgan fingerprint density at radius 3 is 2.79 bits per heavy atom. The molecule has 2 heterocycles. The van der Waals surface area contributed by atoms with Crippen molar-refractivity contribution in [2.24, 2.45) is 10.8 Å². The second-order valence-corrected chi connectivity index (χ2v) is 8.61. The first-order valence-corrected chi connectivity index (χ1v) is 9.23. The van der Waals surface area contributed by atoms with Gasteiger partial charge < -0.3 is 9.88 Å². The fraction of sp³-hybridized carbons (Fsp3) is 0.571. The number of H-pyrrole nitrogens is 1. The van der Waals surface area contributed by atoms with E-state index in [1.165, 1.54) is 12.8 Å². The van der Waals surface area contributed by atoms with Gasteiger partial charge in [0.2, 0.25) is 0 Å². The van der Waals surface area contributed by atoms with Crippen molar-refractivity contribution in [3.8, 4) is 0 Å². The Morgan fingerprint density at radius 2 is 2.00 bits per heavy atom. The number of carbonyl (C=O) groups is 1. The first-order valence-electron chi connectivity index (χ1n) is 9.23. The zero-order valence-corrected chi connectivity index (χ0v) is 15.3. The summed E-state index contributed by atoms with van der Waals surface area (Å²) in [6, 6.07) is 8.50. The third-order valence-electron chi connectivity index (χ3n) is 7.24. The number of amides is 1. The minimum atomic E-state index is 0. The molecule has 1 amide bonds. The molecule has 0 unspecified atom stereocenters. The van der Waals surface area contributed by atoms with Crippen molar-refractivity contribution < 1.29 is 6.22 Å². The van der Waals surface area contributed by atoms with E-state index in [4.69, 9.17) is 0 Å². The van der Waals surface area contributed by atoms with Crippen LogP contribution in [-0.4, -0.2) is 28.4 Å². The van der Waals surface area contributed by atoms with Crippen molar-refractivity contribution in [3.05, 3.63) is 35.5 Å². The maximum atomic E-state index is 13.5. The molecule has 1 N–H and O–H groups in total. The highest BCUT2D eigenvalue weighted by molar-refractivity contribution is 6.08. The van der Waals surface area contributed by atoms with Crippen molar-refractivity contribution in [3.63, 3.8) is 0 Å². The standard InChI is InChI=1S/C21H28N2O.H2/c1-14-18(15-8-5-6-9-16(15)22-14)19(24)23-13-12-21(4)11-7-10-17(23)20(21,2)3;/h5-6,8-9,17,22H,7,10-13H2,1-4H3;1H/t17-,21-;/m1./s1. The highest BCUT2D eigenvalue weighted by Gasteiger charge is 2.54. The van der Waals surface area contributed by atoms with Gasteiger partial charge in [0.15, 0.2) is 0 Å². The number of likely N-dealkylation sites (tertiary alicyclic amines) is 1. The van der Waals surface area contributed by atoms with Crippen LogP contribution in [-0.2, 0) is 0 Å². The number of hydrogen-bond acceptors (Lipinski definition) is 1. The minimum Gasteiger partial charge on any atom is -0.358 e. The summed E-state index contributed by atoms with van der Waals surface area (Å²) in [5.41, 5.74) is 3.46. The fourth-order valence-corrected chi connectivity index (χ4v) is 5.23.